The number of carboxylic acids is 1. The molecule has 0 spiro atoms. The second-order valence-corrected chi connectivity index (χ2v) is 2.96. The van der Waals surface area contributed by atoms with Crippen molar-refractivity contribution >= 4 is 11.9 Å². The van der Waals surface area contributed by atoms with Crippen LogP contribution < -0.4 is 5.73 Å². The Morgan fingerprint density at radius 3 is 2.57 bits per heavy atom. The lowest BCUT2D eigenvalue weighted by Crippen LogP contribution is -2.49. The predicted molar refractivity (Wildman–Crippen MR) is 50.6 cm³/mol. The third kappa shape index (κ3) is 3.57. The van der Waals surface area contributed by atoms with Crippen LogP contribution in [0.2, 0.25) is 0 Å². The van der Waals surface area contributed by atoms with E-state index in [0.29, 0.717) is 0 Å². The van der Waals surface area contributed by atoms with E-state index >= 15 is 0 Å². The molecule has 0 bridgehead atoms. The van der Waals surface area contributed by atoms with Crippen LogP contribution in [-0.2, 0) is 14.3 Å². The fourth-order valence-electron chi connectivity index (χ4n) is 0.812. The number of hydrogen-bond acceptors (Lipinski definition) is 4. The van der Waals surface area contributed by atoms with Crippen molar-refractivity contribution in [3.63, 3.8) is 0 Å². The number of aliphatic carboxylic acids is 1. The molecule has 0 aliphatic rings. The van der Waals surface area contributed by atoms with E-state index in [9.17, 15) is 9.59 Å². The van der Waals surface area contributed by atoms with Crippen LogP contribution in [0.15, 0.2) is 12.7 Å². The minimum atomic E-state index is -1.53. The minimum Gasteiger partial charge on any atom is -0.480 e. The topological polar surface area (TPSA) is 89.6 Å². The Bertz CT molecular complexity index is 239. The van der Waals surface area contributed by atoms with Gasteiger partial charge < -0.3 is 15.6 Å². The Balaban J connectivity index is 4.24. The highest BCUT2D eigenvalue weighted by Crippen LogP contribution is 2.12. The normalized spacial score (nSPS) is 14.1. The molecule has 1 atom stereocenters. The van der Waals surface area contributed by atoms with Gasteiger partial charge in [0.25, 0.3) is 0 Å². The molecule has 1 unspecified atom stereocenters. The number of rotatable bonds is 6. The quantitative estimate of drug-likeness (QED) is 0.476. The lowest BCUT2D eigenvalue weighted by molar-refractivity contribution is -0.152. The van der Waals surface area contributed by atoms with Gasteiger partial charge in [-0.15, -0.1) is 0 Å². The summed E-state index contributed by atoms with van der Waals surface area (Å²) in [7, 11) is 0. The molecule has 0 heterocycles. The van der Waals surface area contributed by atoms with Crippen molar-refractivity contribution in [2.45, 2.75) is 25.3 Å². The molecule has 14 heavy (non-hydrogen) atoms. The standard InChI is InChI=1S/C9H15NO4/c1-3-5-14-7(11)6-9(10,4-2)8(12)13/h3H,1,4-6,10H2,2H3,(H,12,13). The minimum absolute atomic E-state index is 0.0677. The van der Waals surface area contributed by atoms with Crippen LogP contribution in [0.3, 0.4) is 0 Å². The smallest absolute Gasteiger partial charge is 0.324 e. The van der Waals surface area contributed by atoms with Crippen LogP contribution in [0.1, 0.15) is 19.8 Å². The summed E-state index contributed by atoms with van der Waals surface area (Å²) in [6, 6.07) is 0. The van der Waals surface area contributed by atoms with E-state index < -0.39 is 17.5 Å². The summed E-state index contributed by atoms with van der Waals surface area (Å²) in [5.74, 6) is -1.83. The fraction of sp³-hybridized carbons (Fsp3) is 0.556. The van der Waals surface area contributed by atoms with Crippen LogP contribution in [0.25, 0.3) is 0 Å². The molecule has 0 amide bonds. The van der Waals surface area contributed by atoms with Crippen molar-refractivity contribution in [2.75, 3.05) is 6.61 Å². The summed E-state index contributed by atoms with van der Waals surface area (Å²) in [5.41, 5.74) is 3.96. The van der Waals surface area contributed by atoms with Crippen LogP contribution >= 0.6 is 0 Å². The third-order valence-corrected chi connectivity index (χ3v) is 1.88. The van der Waals surface area contributed by atoms with Gasteiger partial charge in [-0.05, 0) is 6.42 Å². The van der Waals surface area contributed by atoms with Crippen LogP contribution in [0.4, 0.5) is 0 Å². The van der Waals surface area contributed by atoms with E-state index in [2.05, 4.69) is 11.3 Å². The molecule has 0 rings (SSSR count). The van der Waals surface area contributed by atoms with Gasteiger partial charge >= 0.3 is 11.9 Å². The van der Waals surface area contributed by atoms with E-state index in [1.165, 1.54) is 6.08 Å². The van der Waals surface area contributed by atoms with Gasteiger partial charge in [-0.1, -0.05) is 19.6 Å². The average Bonchev–Trinajstić information content (AvgIpc) is 2.14. The number of esters is 1. The van der Waals surface area contributed by atoms with Crippen molar-refractivity contribution in [1.82, 2.24) is 0 Å². The zero-order valence-electron chi connectivity index (χ0n) is 8.16. The number of carbonyl (C=O) groups excluding carboxylic acids is 1. The third-order valence-electron chi connectivity index (χ3n) is 1.88. The molecule has 0 saturated carbocycles. The molecule has 0 aromatic carbocycles. The van der Waals surface area contributed by atoms with Crippen LogP contribution in [0, 0.1) is 0 Å². The summed E-state index contributed by atoms with van der Waals surface area (Å²) in [6.07, 6.45) is 1.25. The van der Waals surface area contributed by atoms with Crippen LogP contribution in [0.5, 0.6) is 0 Å². The first kappa shape index (κ1) is 12.6. The molecule has 0 aliphatic carbocycles. The van der Waals surface area contributed by atoms with Crippen molar-refractivity contribution in [2.24, 2.45) is 5.73 Å². The zero-order valence-corrected chi connectivity index (χ0v) is 8.16. The number of carbonyl (C=O) groups is 2. The van der Waals surface area contributed by atoms with E-state index in [1.54, 1.807) is 6.92 Å². The average molecular weight is 201 g/mol. The first-order chi connectivity index (χ1) is 6.46. The van der Waals surface area contributed by atoms with Gasteiger partial charge in [0.2, 0.25) is 0 Å². The number of hydrogen-bond donors (Lipinski definition) is 2. The van der Waals surface area contributed by atoms with Gasteiger partial charge in [0, 0.05) is 0 Å². The van der Waals surface area contributed by atoms with E-state index in [-0.39, 0.29) is 19.4 Å². The highest BCUT2D eigenvalue weighted by molar-refractivity contribution is 5.85. The van der Waals surface area contributed by atoms with Gasteiger partial charge in [-0.3, -0.25) is 9.59 Å². The number of ether oxygens (including phenoxy) is 1. The predicted octanol–water partition coefficient (Wildman–Crippen LogP) is 0.298. The lowest BCUT2D eigenvalue weighted by atomic mass is 9.94. The Morgan fingerprint density at radius 1 is 1.64 bits per heavy atom. The Labute approximate surface area is 82.5 Å². The van der Waals surface area contributed by atoms with Crippen molar-refractivity contribution in [1.29, 1.82) is 0 Å². The van der Waals surface area contributed by atoms with Crippen LogP contribution in [-0.4, -0.2) is 29.2 Å². The number of nitrogens with two attached hydrogens (primary N) is 1. The van der Waals surface area contributed by atoms with Crippen molar-refractivity contribution in [3.8, 4) is 0 Å². The second-order valence-electron chi connectivity index (χ2n) is 2.96. The monoisotopic (exact) mass is 201 g/mol. The lowest BCUT2D eigenvalue weighted by Gasteiger charge is -2.21. The molecule has 5 heteroatoms. The number of carboxylic acid groups (broad SMARTS) is 1. The molecular formula is C9H15NO4. The molecule has 5 nitrogen and oxygen atoms in total. The van der Waals surface area contributed by atoms with E-state index in [0.717, 1.165) is 0 Å². The maximum absolute atomic E-state index is 11.1. The van der Waals surface area contributed by atoms with Gasteiger partial charge in [0.15, 0.2) is 0 Å². The van der Waals surface area contributed by atoms with E-state index in [4.69, 9.17) is 10.8 Å². The molecule has 0 aliphatic heterocycles. The van der Waals surface area contributed by atoms with Gasteiger partial charge in [0.05, 0.1) is 6.42 Å². The molecule has 0 aromatic rings. The summed E-state index contributed by atoms with van der Waals surface area (Å²) in [4.78, 5) is 21.8. The summed E-state index contributed by atoms with van der Waals surface area (Å²) >= 11 is 0. The Morgan fingerprint density at radius 2 is 2.21 bits per heavy atom. The first-order valence-corrected chi connectivity index (χ1v) is 4.25. The maximum Gasteiger partial charge on any atom is 0.324 e. The molecular weight excluding hydrogens is 186 g/mol. The largest absolute Gasteiger partial charge is 0.480 e. The van der Waals surface area contributed by atoms with Crippen molar-refractivity contribution in [3.05, 3.63) is 12.7 Å². The highest BCUT2D eigenvalue weighted by atomic mass is 16.5. The van der Waals surface area contributed by atoms with Gasteiger partial charge in [0.1, 0.15) is 12.1 Å². The molecule has 0 fully saturated rings. The molecule has 0 saturated heterocycles. The second kappa shape index (κ2) is 5.39. The Hall–Kier alpha value is -1.36. The SMILES string of the molecule is C=CCOC(=O)CC(N)(CC)C(=O)O. The van der Waals surface area contributed by atoms with E-state index in [1.807, 2.05) is 0 Å². The zero-order chi connectivity index (χ0) is 11.2. The molecule has 0 aromatic heterocycles. The highest BCUT2D eigenvalue weighted by Gasteiger charge is 2.35. The Kier molecular flexibility index (Phi) is 4.86. The first-order valence-electron chi connectivity index (χ1n) is 4.25. The molecule has 80 valence electrons. The molecule has 3 N–H and O–H groups in total. The fourth-order valence-corrected chi connectivity index (χ4v) is 0.812. The van der Waals surface area contributed by atoms with Crippen molar-refractivity contribution < 1.29 is 19.4 Å². The van der Waals surface area contributed by atoms with Gasteiger partial charge in [-0.25, -0.2) is 0 Å². The molecule has 0 radical (unpaired) electrons. The summed E-state index contributed by atoms with van der Waals surface area (Å²) < 4.78 is 4.64. The summed E-state index contributed by atoms with van der Waals surface area (Å²) in [5, 5.41) is 8.75. The maximum atomic E-state index is 11.1. The van der Waals surface area contributed by atoms with Gasteiger partial charge in [-0.2, -0.15) is 0 Å². The summed E-state index contributed by atoms with van der Waals surface area (Å²) in [6.45, 7) is 5.03.